The van der Waals surface area contributed by atoms with Crippen molar-refractivity contribution < 1.29 is 0 Å². The Labute approximate surface area is 132 Å². The summed E-state index contributed by atoms with van der Waals surface area (Å²) in [5.41, 5.74) is 2.42. The van der Waals surface area contributed by atoms with Crippen LogP contribution in [-0.4, -0.2) is 17.0 Å². The van der Waals surface area contributed by atoms with Crippen LogP contribution < -0.4 is 10.6 Å². The first kappa shape index (κ1) is 15.3. The maximum atomic E-state index is 8.90. The van der Waals surface area contributed by atoms with E-state index in [1.54, 1.807) is 12.1 Å². The van der Waals surface area contributed by atoms with E-state index in [9.17, 15) is 0 Å². The molecule has 1 aromatic carbocycles. The summed E-state index contributed by atoms with van der Waals surface area (Å²) in [6.07, 6.45) is 0.762. The van der Waals surface area contributed by atoms with Crippen LogP contribution in [0.3, 0.4) is 0 Å². The van der Waals surface area contributed by atoms with Gasteiger partial charge in [0.05, 0.1) is 17.3 Å². The van der Waals surface area contributed by atoms with E-state index < -0.39 is 0 Å². The van der Waals surface area contributed by atoms with Gasteiger partial charge in [0.2, 0.25) is 0 Å². The fraction of sp³-hybridized carbons (Fsp3) is 0.267. The third kappa shape index (κ3) is 3.31. The number of halogens is 1. The summed E-state index contributed by atoms with van der Waals surface area (Å²) in [6.45, 7) is 3.98. The topological polar surface area (TPSA) is 73.6 Å². The lowest BCUT2D eigenvalue weighted by molar-refractivity contribution is 0.935. The van der Waals surface area contributed by atoms with Crippen molar-refractivity contribution >= 4 is 33.3 Å². The Bertz CT molecular complexity index is 706. The van der Waals surface area contributed by atoms with Crippen molar-refractivity contribution in [1.29, 1.82) is 5.26 Å². The Kier molecular flexibility index (Phi) is 4.76. The van der Waals surface area contributed by atoms with Gasteiger partial charge in [-0.25, -0.2) is 9.97 Å². The van der Waals surface area contributed by atoms with Crippen LogP contribution in [0.15, 0.2) is 22.7 Å². The van der Waals surface area contributed by atoms with Crippen molar-refractivity contribution in [3.05, 3.63) is 39.6 Å². The average Bonchev–Trinajstić information content (AvgIpc) is 2.50. The number of rotatable bonds is 4. The van der Waals surface area contributed by atoms with E-state index in [2.05, 4.69) is 42.6 Å². The van der Waals surface area contributed by atoms with Gasteiger partial charge in [0, 0.05) is 23.5 Å². The van der Waals surface area contributed by atoms with Crippen molar-refractivity contribution in [2.45, 2.75) is 20.3 Å². The van der Waals surface area contributed by atoms with Crippen LogP contribution in [0.4, 0.5) is 17.3 Å². The SMILES string of the molecule is CCc1nc(NC)c(C)c(Nc2ccc(C#N)cc2Br)n1. The minimum absolute atomic E-state index is 0.608. The molecule has 0 amide bonds. The number of nitrogens with one attached hydrogen (secondary N) is 2. The zero-order valence-corrected chi connectivity index (χ0v) is 13.7. The fourth-order valence-electron chi connectivity index (χ4n) is 1.90. The smallest absolute Gasteiger partial charge is 0.139 e. The fourth-order valence-corrected chi connectivity index (χ4v) is 2.38. The molecule has 2 rings (SSSR count). The molecule has 6 heteroatoms. The lowest BCUT2D eigenvalue weighted by Crippen LogP contribution is -2.07. The zero-order chi connectivity index (χ0) is 15.4. The van der Waals surface area contributed by atoms with Crippen LogP contribution in [0.1, 0.15) is 23.9 Å². The van der Waals surface area contributed by atoms with Gasteiger partial charge in [0.15, 0.2) is 0 Å². The monoisotopic (exact) mass is 345 g/mol. The molecule has 0 saturated heterocycles. The molecule has 5 nitrogen and oxygen atoms in total. The number of benzene rings is 1. The van der Waals surface area contributed by atoms with Crippen LogP contribution in [0.25, 0.3) is 0 Å². The second-order valence-electron chi connectivity index (χ2n) is 4.50. The van der Waals surface area contributed by atoms with Crippen molar-refractivity contribution in [1.82, 2.24) is 9.97 Å². The normalized spacial score (nSPS) is 10.0. The molecule has 0 fully saturated rings. The lowest BCUT2D eigenvalue weighted by atomic mass is 10.2. The van der Waals surface area contributed by atoms with Gasteiger partial charge in [-0.3, -0.25) is 0 Å². The summed E-state index contributed by atoms with van der Waals surface area (Å²) in [4.78, 5) is 8.97. The van der Waals surface area contributed by atoms with Gasteiger partial charge in [-0.05, 0) is 41.1 Å². The Morgan fingerprint density at radius 1 is 1.29 bits per heavy atom. The molecule has 1 aromatic heterocycles. The molecule has 0 spiro atoms. The largest absolute Gasteiger partial charge is 0.373 e. The highest BCUT2D eigenvalue weighted by Gasteiger charge is 2.11. The van der Waals surface area contributed by atoms with E-state index in [0.717, 1.165) is 39.6 Å². The van der Waals surface area contributed by atoms with Crippen LogP contribution in [0, 0.1) is 18.3 Å². The summed E-state index contributed by atoms with van der Waals surface area (Å²) in [5, 5.41) is 15.3. The number of hydrogen-bond donors (Lipinski definition) is 2. The molecule has 1 heterocycles. The molecule has 0 atom stereocenters. The molecule has 0 aliphatic carbocycles. The number of aromatic nitrogens is 2. The molecule has 108 valence electrons. The van der Waals surface area contributed by atoms with E-state index in [0.29, 0.717) is 5.56 Å². The predicted octanol–water partition coefficient (Wildman–Crippen LogP) is 3.77. The number of aryl methyl sites for hydroxylation is 1. The van der Waals surface area contributed by atoms with E-state index >= 15 is 0 Å². The molecule has 0 saturated carbocycles. The Morgan fingerprint density at radius 3 is 2.57 bits per heavy atom. The van der Waals surface area contributed by atoms with Crippen LogP contribution in [-0.2, 0) is 6.42 Å². The molecule has 2 N–H and O–H groups in total. The number of nitriles is 1. The summed E-state index contributed by atoms with van der Waals surface area (Å²) in [6, 6.07) is 7.51. The van der Waals surface area contributed by atoms with Crippen molar-refractivity contribution in [3.63, 3.8) is 0 Å². The molecular formula is C15H16BrN5. The summed E-state index contributed by atoms with van der Waals surface area (Å²) in [7, 11) is 1.84. The maximum absolute atomic E-state index is 8.90. The Hall–Kier alpha value is -2.13. The van der Waals surface area contributed by atoms with E-state index in [1.165, 1.54) is 0 Å². The molecule has 21 heavy (non-hydrogen) atoms. The summed E-state index contributed by atoms with van der Waals surface area (Å²) < 4.78 is 0.823. The van der Waals surface area contributed by atoms with Crippen molar-refractivity contribution in [2.24, 2.45) is 0 Å². The summed E-state index contributed by atoms with van der Waals surface area (Å²) in [5.74, 6) is 2.35. The molecule has 0 aliphatic rings. The van der Waals surface area contributed by atoms with Gasteiger partial charge in [-0.2, -0.15) is 5.26 Å². The summed E-state index contributed by atoms with van der Waals surface area (Å²) >= 11 is 3.47. The first-order valence-corrected chi connectivity index (χ1v) is 7.40. The van der Waals surface area contributed by atoms with Gasteiger partial charge in [-0.15, -0.1) is 0 Å². The molecule has 0 radical (unpaired) electrons. The molecular weight excluding hydrogens is 330 g/mol. The van der Waals surface area contributed by atoms with Gasteiger partial charge in [0.25, 0.3) is 0 Å². The van der Waals surface area contributed by atoms with Crippen LogP contribution in [0.2, 0.25) is 0 Å². The molecule has 2 aromatic rings. The van der Waals surface area contributed by atoms with Gasteiger partial charge in [0.1, 0.15) is 17.5 Å². The molecule has 0 aliphatic heterocycles. The molecule has 0 unspecified atom stereocenters. The minimum Gasteiger partial charge on any atom is -0.373 e. The average molecular weight is 346 g/mol. The zero-order valence-electron chi connectivity index (χ0n) is 12.2. The quantitative estimate of drug-likeness (QED) is 0.882. The minimum atomic E-state index is 0.608. The number of nitrogens with zero attached hydrogens (tertiary/aromatic N) is 3. The second-order valence-corrected chi connectivity index (χ2v) is 5.35. The predicted molar refractivity (Wildman–Crippen MR) is 87.8 cm³/mol. The van der Waals surface area contributed by atoms with Gasteiger partial charge >= 0.3 is 0 Å². The Balaban J connectivity index is 2.42. The van der Waals surface area contributed by atoms with Gasteiger partial charge in [-0.1, -0.05) is 6.92 Å². The van der Waals surface area contributed by atoms with Gasteiger partial charge < -0.3 is 10.6 Å². The standard InChI is InChI=1S/C15H16BrN5/c1-4-13-20-14(18-3)9(2)15(21-13)19-12-6-5-10(8-17)7-11(12)16/h5-7H,4H2,1-3H3,(H2,18,19,20,21). The number of anilines is 3. The number of hydrogen-bond acceptors (Lipinski definition) is 5. The second kappa shape index (κ2) is 6.55. The highest BCUT2D eigenvalue weighted by atomic mass is 79.9. The Morgan fingerprint density at radius 2 is 2.00 bits per heavy atom. The third-order valence-corrected chi connectivity index (χ3v) is 3.75. The van der Waals surface area contributed by atoms with Crippen molar-refractivity contribution in [3.8, 4) is 6.07 Å². The third-order valence-electron chi connectivity index (χ3n) is 3.10. The van der Waals surface area contributed by atoms with E-state index in [4.69, 9.17) is 5.26 Å². The first-order valence-electron chi connectivity index (χ1n) is 6.61. The van der Waals surface area contributed by atoms with Crippen LogP contribution in [0.5, 0.6) is 0 Å². The first-order chi connectivity index (χ1) is 10.1. The molecule has 0 bridgehead atoms. The van der Waals surface area contributed by atoms with E-state index in [-0.39, 0.29) is 0 Å². The highest BCUT2D eigenvalue weighted by Crippen LogP contribution is 2.29. The maximum Gasteiger partial charge on any atom is 0.139 e. The highest BCUT2D eigenvalue weighted by molar-refractivity contribution is 9.10. The van der Waals surface area contributed by atoms with Crippen LogP contribution >= 0.6 is 15.9 Å². The lowest BCUT2D eigenvalue weighted by Gasteiger charge is -2.14. The van der Waals surface area contributed by atoms with E-state index in [1.807, 2.05) is 27.0 Å². The van der Waals surface area contributed by atoms with Crippen molar-refractivity contribution in [2.75, 3.05) is 17.7 Å².